The van der Waals surface area contributed by atoms with Gasteiger partial charge in [0.05, 0.1) is 18.6 Å². The predicted molar refractivity (Wildman–Crippen MR) is 77.1 cm³/mol. The smallest absolute Gasteiger partial charge is 0.194 e. The molecule has 1 aromatic heterocycles. The van der Waals surface area contributed by atoms with Crippen LogP contribution < -0.4 is 5.32 Å². The van der Waals surface area contributed by atoms with Gasteiger partial charge < -0.3 is 10.2 Å². The Morgan fingerprint density at radius 2 is 2.44 bits per heavy atom. The molecule has 1 saturated heterocycles. The molecule has 0 spiro atoms. The molecule has 3 heterocycles. The SMILES string of the molecule is CC1CCCN2C(N[C@@H](C)c3cccs3)=NCC12. The van der Waals surface area contributed by atoms with Gasteiger partial charge in [0.2, 0.25) is 0 Å². The highest BCUT2D eigenvalue weighted by atomic mass is 32.1. The van der Waals surface area contributed by atoms with Crippen LogP contribution in [-0.4, -0.2) is 30.0 Å². The number of hydrogen-bond acceptors (Lipinski definition) is 4. The Hall–Kier alpha value is -1.03. The van der Waals surface area contributed by atoms with Gasteiger partial charge >= 0.3 is 0 Å². The van der Waals surface area contributed by atoms with E-state index in [2.05, 4.69) is 41.6 Å². The molecule has 2 aliphatic heterocycles. The summed E-state index contributed by atoms with van der Waals surface area (Å²) in [5.74, 6) is 1.89. The largest absolute Gasteiger partial charge is 0.349 e. The zero-order valence-corrected chi connectivity index (χ0v) is 11.9. The minimum Gasteiger partial charge on any atom is -0.349 e. The van der Waals surface area contributed by atoms with Gasteiger partial charge in [0.25, 0.3) is 0 Å². The lowest BCUT2D eigenvalue weighted by molar-refractivity contribution is 0.194. The molecule has 0 bridgehead atoms. The highest BCUT2D eigenvalue weighted by molar-refractivity contribution is 7.10. The molecule has 0 aliphatic carbocycles. The summed E-state index contributed by atoms with van der Waals surface area (Å²) in [4.78, 5) is 8.58. The van der Waals surface area contributed by atoms with Gasteiger partial charge in [0, 0.05) is 11.4 Å². The molecule has 2 aliphatic rings. The fourth-order valence-electron chi connectivity index (χ4n) is 2.99. The average molecular weight is 263 g/mol. The third-order valence-electron chi connectivity index (χ3n) is 4.13. The fraction of sp³-hybridized carbons (Fsp3) is 0.643. The van der Waals surface area contributed by atoms with Gasteiger partial charge in [-0.25, -0.2) is 0 Å². The Balaban J connectivity index is 1.67. The molecule has 2 unspecified atom stereocenters. The Morgan fingerprint density at radius 3 is 3.22 bits per heavy atom. The predicted octanol–water partition coefficient (Wildman–Crippen LogP) is 2.87. The van der Waals surface area contributed by atoms with Crippen molar-refractivity contribution in [2.24, 2.45) is 10.9 Å². The van der Waals surface area contributed by atoms with Crippen LogP contribution in [0.5, 0.6) is 0 Å². The van der Waals surface area contributed by atoms with Crippen molar-refractivity contribution >= 4 is 17.3 Å². The highest BCUT2D eigenvalue weighted by Gasteiger charge is 2.34. The van der Waals surface area contributed by atoms with Crippen molar-refractivity contribution in [1.29, 1.82) is 0 Å². The van der Waals surface area contributed by atoms with Gasteiger partial charge in [0.1, 0.15) is 0 Å². The van der Waals surface area contributed by atoms with Gasteiger partial charge in [-0.2, -0.15) is 0 Å². The average Bonchev–Trinajstić information content (AvgIpc) is 2.99. The van der Waals surface area contributed by atoms with E-state index < -0.39 is 0 Å². The quantitative estimate of drug-likeness (QED) is 0.888. The first-order chi connectivity index (χ1) is 8.75. The summed E-state index contributed by atoms with van der Waals surface area (Å²) in [6.07, 6.45) is 2.65. The van der Waals surface area contributed by atoms with Crippen molar-refractivity contribution in [3.05, 3.63) is 22.4 Å². The molecular weight excluding hydrogens is 242 g/mol. The maximum atomic E-state index is 4.72. The van der Waals surface area contributed by atoms with Gasteiger partial charge in [-0.1, -0.05) is 13.0 Å². The van der Waals surface area contributed by atoms with Crippen LogP contribution in [0.2, 0.25) is 0 Å². The lowest BCUT2D eigenvalue weighted by Gasteiger charge is -2.37. The number of rotatable bonds is 2. The van der Waals surface area contributed by atoms with E-state index in [9.17, 15) is 0 Å². The van der Waals surface area contributed by atoms with Gasteiger partial charge in [-0.05, 0) is 37.1 Å². The van der Waals surface area contributed by atoms with E-state index in [4.69, 9.17) is 4.99 Å². The molecule has 0 aromatic carbocycles. The number of aliphatic imine (C=N–C) groups is 1. The third kappa shape index (κ3) is 2.14. The van der Waals surface area contributed by atoms with Crippen molar-refractivity contribution in [3.8, 4) is 0 Å². The van der Waals surface area contributed by atoms with Gasteiger partial charge in [0.15, 0.2) is 5.96 Å². The molecule has 98 valence electrons. The number of thiophene rings is 1. The Morgan fingerprint density at radius 1 is 1.56 bits per heavy atom. The second-order valence-electron chi connectivity index (χ2n) is 5.43. The van der Waals surface area contributed by atoms with Crippen LogP contribution in [0.1, 0.15) is 37.6 Å². The topological polar surface area (TPSA) is 27.6 Å². The Kier molecular flexibility index (Phi) is 3.29. The van der Waals surface area contributed by atoms with Crippen LogP contribution in [0.25, 0.3) is 0 Å². The fourth-order valence-corrected chi connectivity index (χ4v) is 3.73. The summed E-state index contributed by atoms with van der Waals surface area (Å²) in [6, 6.07) is 5.30. The monoisotopic (exact) mass is 263 g/mol. The van der Waals surface area contributed by atoms with Crippen molar-refractivity contribution < 1.29 is 0 Å². The molecule has 1 fully saturated rings. The molecule has 4 heteroatoms. The van der Waals surface area contributed by atoms with E-state index in [-0.39, 0.29) is 0 Å². The van der Waals surface area contributed by atoms with Crippen LogP contribution in [0.15, 0.2) is 22.5 Å². The van der Waals surface area contributed by atoms with E-state index in [1.54, 1.807) is 0 Å². The molecule has 3 rings (SSSR count). The van der Waals surface area contributed by atoms with Crippen LogP contribution in [0.3, 0.4) is 0 Å². The van der Waals surface area contributed by atoms with E-state index >= 15 is 0 Å². The summed E-state index contributed by atoms with van der Waals surface area (Å²) < 4.78 is 0. The van der Waals surface area contributed by atoms with Gasteiger partial charge in [-0.3, -0.25) is 4.99 Å². The van der Waals surface area contributed by atoms with Crippen molar-refractivity contribution in [2.45, 2.75) is 38.8 Å². The minimum absolute atomic E-state index is 0.361. The number of nitrogens with zero attached hydrogens (tertiary/aromatic N) is 2. The first kappa shape index (κ1) is 12.0. The van der Waals surface area contributed by atoms with Crippen LogP contribution in [0.4, 0.5) is 0 Å². The highest BCUT2D eigenvalue weighted by Crippen LogP contribution is 2.28. The molecule has 0 saturated carbocycles. The summed E-state index contributed by atoms with van der Waals surface area (Å²) in [5, 5.41) is 5.72. The molecule has 18 heavy (non-hydrogen) atoms. The molecule has 1 aromatic rings. The number of guanidine groups is 1. The molecule has 1 N–H and O–H groups in total. The zero-order chi connectivity index (χ0) is 12.5. The molecule has 3 nitrogen and oxygen atoms in total. The second-order valence-corrected chi connectivity index (χ2v) is 6.41. The first-order valence-corrected chi connectivity index (χ1v) is 7.74. The Bertz CT molecular complexity index is 426. The molecule has 0 radical (unpaired) electrons. The van der Waals surface area contributed by atoms with E-state index in [1.807, 2.05) is 11.3 Å². The van der Waals surface area contributed by atoms with Crippen molar-refractivity contribution in [1.82, 2.24) is 10.2 Å². The van der Waals surface area contributed by atoms with Crippen molar-refractivity contribution in [2.75, 3.05) is 13.1 Å². The maximum Gasteiger partial charge on any atom is 0.194 e. The maximum absolute atomic E-state index is 4.72. The van der Waals surface area contributed by atoms with E-state index in [0.717, 1.165) is 25.0 Å². The first-order valence-electron chi connectivity index (χ1n) is 6.86. The van der Waals surface area contributed by atoms with Crippen LogP contribution in [0, 0.1) is 5.92 Å². The summed E-state index contributed by atoms with van der Waals surface area (Å²) in [7, 11) is 0. The molecular formula is C14H21N3S. The second kappa shape index (κ2) is 4.92. The third-order valence-corrected chi connectivity index (χ3v) is 5.19. The number of fused-ring (bicyclic) bond motifs is 1. The number of hydrogen-bond donors (Lipinski definition) is 1. The Labute approximate surface area is 113 Å². The van der Waals surface area contributed by atoms with Crippen LogP contribution in [-0.2, 0) is 0 Å². The lowest BCUT2D eigenvalue weighted by Crippen LogP contribution is -2.49. The number of piperidine rings is 1. The lowest BCUT2D eigenvalue weighted by atomic mass is 9.92. The van der Waals surface area contributed by atoms with Gasteiger partial charge in [-0.15, -0.1) is 11.3 Å². The van der Waals surface area contributed by atoms with Crippen molar-refractivity contribution in [3.63, 3.8) is 0 Å². The standard InChI is InChI=1S/C14H21N3S/c1-10-5-3-7-17-12(10)9-15-14(17)16-11(2)13-6-4-8-18-13/h4,6,8,10-12H,3,5,7,9H2,1-2H3,(H,15,16)/t10?,11-,12?/m0/s1. The van der Waals surface area contributed by atoms with E-state index in [1.165, 1.54) is 17.7 Å². The number of nitrogens with one attached hydrogen (secondary N) is 1. The molecule has 0 amide bonds. The summed E-state index contributed by atoms with van der Waals surface area (Å²) >= 11 is 1.81. The minimum atomic E-state index is 0.361. The van der Waals surface area contributed by atoms with E-state index in [0.29, 0.717) is 12.1 Å². The van der Waals surface area contributed by atoms with Crippen LogP contribution >= 0.6 is 11.3 Å². The normalized spacial score (nSPS) is 28.8. The summed E-state index contributed by atoms with van der Waals surface area (Å²) in [5.41, 5.74) is 0. The molecule has 3 atom stereocenters. The summed E-state index contributed by atoms with van der Waals surface area (Å²) in [6.45, 7) is 6.71. The zero-order valence-electron chi connectivity index (χ0n) is 11.1.